The Balaban J connectivity index is 1.72. The highest BCUT2D eigenvalue weighted by Gasteiger charge is 2.19. The van der Waals surface area contributed by atoms with Gasteiger partial charge in [-0.25, -0.2) is 0 Å². The number of rotatable bonds is 5. The zero-order valence-electron chi connectivity index (χ0n) is 10.7. The molecule has 1 atom stereocenters. The fourth-order valence-corrected chi connectivity index (χ4v) is 3.35. The molecule has 20 heavy (non-hydrogen) atoms. The smallest absolute Gasteiger partial charge is 0.240 e. The molecule has 0 fully saturated rings. The van der Waals surface area contributed by atoms with Gasteiger partial charge < -0.3 is 14.3 Å². The van der Waals surface area contributed by atoms with E-state index >= 15 is 0 Å². The van der Waals surface area contributed by atoms with E-state index in [-0.39, 0.29) is 5.25 Å². The van der Waals surface area contributed by atoms with Crippen molar-refractivity contribution in [2.75, 3.05) is 12.4 Å². The predicted octanol–water partition coefficient (Wildman–Crippen LogP) is 3.08. The summed E-state index contributed by atoms with van der Waals surface area (Å²) in [5, 5.41) is 15.7. The highest BCUT2D eigenvalue weighted by atomic mass is 32.2. The number of nitrogens with one attached hydrogen (secondary N) is 1. The van der Waals surface area contributed by atoms with Crippen LogP contribution in [0.15, 0.2) is 31.7 Å². The summed E-state index contributed by atoms with van der Waals surface area (Å²) >= 11 is 3.00. The molecule has 0 amide bonds. The molecule has 0 aromatic carbocycles. The van der Waals surface area contributed by atoms with Crippen molar-refractivity contribution in [2.24, 2.45) is 0 Å². The molecule has 3 aromatic heterocycles. The summed E-state index contributed by atoms with van der Waals surface area (Å²) in [6, 6.07) is 3.57. The van der Waals surface area contributed by atoms with Crippen molar-refractivity contribution < 1.29 is 8.94 Å². The second-order valence-corrected chi connectivity index (χ2v) is 6.38. The summed E-state index contributed by atoms with van der Waals surface area (Å²) in [6.07, 6.45) is 1.57. The van der Waals surface area contributed by atoms with Gasteiger partial charge in [0, 0.05) is 7.05 Å². The van der Waals surface area contributed by atoms with Crippen LogP contribution in [-0.2, 0) is 0 Å². The molecule has 3 rings (SSSR count). The fraction of sp³-hybridized carbons (Fsp3) is 0.273. The van der Waals surface area contributed by atoms with Crippen LogP contribution in [-0.4, -0.2) is 27.4 Å². The lowest BCUT2D eigenvalue weighted by Crippen LogP contribution is -1.88. The predicted molar refractivity (Wildman–Crippen MR) is 75.7 cm³/mol. The number of hydrogen-bond donors (Lipinski definition) is 1. The van der Waals surface area contributed by atoms with Crippen LogP contribution in [0.25, 0.3) is 11.6 Å². The molecule has 0 aliphatic carbocycles. The molecule has 3 aromatic rings. The Morgan fingerprint density at radius 3 is 3.00 bits per heavy atom. The number of thioether (sulfide) groups is 1. The Bertz CT molecular complexity index is 679. The quantitative estimate of drug-likeness (QED) is 0.719. The third-order valence-electron chi connectivity index (χ3n) is 2.43. The van der Waals surface area contributed by atoms with Gasteiger partial charge in [0.15, 0.2) is 10.1 Å². The topological polar surface area (TPSA) is 89.9 Å². The maximum Gasteiger partial charge on any atom is 0.240 e. The zero-order chi connectivity index (χ0) is 13.9. The monoisotopic (exact) mass is 309 g/mol. The Morgan fingerprint density at radius 2 is 2.30 bits per heavy atom. The Hall–Kier alpha value is -1.87. The highest BCUT2D eigenvalue weighted by Crippen LogP contribution is 2.37. The van der Waals surface area contributed by atoms with Gasteiger partial charge in [-0.1, -0.05) is 28.3 Å². The third kappa shape index (κ3) is 2.68. The molecule has 0 saturated carbocycles. The van der Waals surface area contributed by atoms with Crippen molar-refractivity contribution >= 4 is 28.2 Å². The molecule has 0 radical (unpaired) electrons. The highest BCUT2D eigenvalue weighted by molar-refractivity contribution is 8.01. The third-order valence-corrected chi connectivity index (χ3v) is 4.54. The fourth-order valence-electron chi connectivity index (χ4n) is 1.47. The van der Waals surface area contributed by atoms with Crippen LogP contribution in [0.5, 0.6) is 0 Å². The van der Waals surface area contributed by atoms with E-state index in [9.17, 15) is 0 Å². The van der Waals surface area contributed by atoms with Gasteiger partial charge >= 0.3 is 0 Å². The lowest BCUT2D eigenvalue weighted by atomic mass is 10.4. The van der Waals surface area contributed by atoms with E-state index in [2.05, 4.69) is 25.7 Å². The largest absolute Gasteiger partial charge is 0.461 e. The first kappa shape index (κ1) is 13.1. The van der Waals surface area contributed by atoms with Crippen LogP contribution in [0.2, 0.25) is 0 Å². The van der Waals surface area contributed by atoms with E-state index in [1.54, 1.807) is 18.4 Å². The molecule has 0 aliphatic heterocycles. The van der Waals surface area contributed by atoms with Crippen molar-refractivity contribution in [3.63, 3.8) is 0 Å². The molecule has 104 valence electrons. The molecular weight excluding hydrogens is 298 g/mol. The Labute approximate surface area is 122 Å². The van der Waals surface area contributed by atoms with E-state index in [1.165, 1.54) is 23.1 Å². The van der Waals surface area contributed by atoms with Gasteiger partial charge in [-0.2, -0.15) is 4.98 Å². The second-order valence-electron chi connectivity index (χ2n) is 3.82. The van der Waals surface area contributed by atoms with Crippen LogP contribution in [0.3, 0.4) is 0 Å². The first-order valence-electron chi connectivity index (χ1n) is 5.81. The zero-order valence-corrected chi connectivity index (χ0v) is 12.4. The molecule has 3 heterocycles. The number of aromatic nitrogens is 4. The molecule has 0 aliphatic rings. The van der Waals surface area contributed by atoms with Crippen molar-refractivity contribution in [1.82, 2.24) is 20.3 Å². The molecule has 7 nitrogen and oxygen atoms in total. The van der Waals surface area contributed by atoms with Gasteiger partial charge in [-0.05, 0) is 19.1 Å². The standard InChI is InChI=1S/C11H11N5O2S2/c1-6(19-11-15-14-10(12-2)20-11)9-13-8(16-18-9)7-4-3-5-17-7/h3-6H,1-2H3,(H,12,14)/t6-/m0/s1. The van der Waals surface area contributed by atoms with E-state index in [4.69, 9.17) is 8.94 Å². The summed E-state index contributed by atoms with van der Waals surface area (Å²) in [7, 11) is 1.81. The summed E-state index contributed by atoms with van der Waals surface area (Å²) in [5.74, 6) is 1.57. The average molecular weight is 309 g/mol. The van der Waals surface area contributed by atoms with E-state index < -0.39 is 0 Å². The molecule has 0 saturated heterocycles. The summed E-state index contributed by atoms with van der Waals surface area (Å²) < 4.78 is 11.3. The minimum Gasteiger partial charge on any atom is -0.461 e. The van der Waals surface area contributed by atoms with Crippen LogP contribution >= 0.6 is 23.1 Å². The van der Waals surface area contributed by atoms with Crippen molar-refractivity contribution in [2.45, 2.75) is 16.5 Å². The van der Waals surface area contributed by atoms with Crippen LogP contribution in [0.4, 0.5) is 5.13 Å². The number of nitrogens with zero attached hydrogens (tertiary/aromatic N) is 4. The first-order valence-corrected chi connectivity index (χ1v) is 7.51. The molecule has 9 heteroatoms. The van der Waals surface area contributed by atoms with Gasteiger partial charge in [0.2, 0.25) is 16.8 Å². The number of hydrogen-bond acceptors (Lipinski definition) is 9. The minimum atomic E-state index is -0.0103. The molecule has 1 N–H and O–H groups in total. The van der Waals surface area contributed by atoms with E-state index in [0.717, 1.165) is 9.47 Å². The van der Waals surface area contributed by atoms with Gasteiger partial charge in [0.1, 0.15) is 0 Å². The normalized spacial score (nSPS) is 12.5. The lowest BCUT2D eigenvalue weighted by Gasteiger charge is -2.01. The maximum absolute atomic E-state index is 5.25. The maximum atomic E-state index is 5.25. The molecular formula is C11H11N5O2S2. The molecule has 0 unspecified atom stereocenters. The van der Waals surface area contributed by atoms with Gasteiger partial charge in [-0.15, -0.1) is 10.2 Å². The Morgan fingerprint density at radius 1 is 1.40 bits per heavy atom. The van der Waals surface area contributed by atoms with Crippen molar-refractivity contribution in [3.05, 3.63) is 24.3 Å². The minimum absolute atomic E-state index is 0.0103. The van der Waals surface area contributed by atoms with E-state index in [0.29, 0.717) is 17.5 Å². The van der Waals surface area contributed by atoms with Gasteiger partial charge in [0.05, 0.1) is 11.5 Å². The van der Waals surface area contributed by atoms with Gasteiger partial charge in [-0.3, -0.25) is 0 Å². The summed E-state index contributed by atoms with van der Waals surface area (Å²) in [4.78, 5) is 4.32. The molecule has 0 spiro atoms. The van der Waals surface area contributed by atoms with E-state index in [1.807, 2.05) is 14.0 Å². The van der Waals surface area contributed by atoms with Crippen LogP contribution in [0, 0.1) is 0 Å². The SMILES string of the molecule is CNc1nnc(S[C@@H](C)c2nc(-c3ccco3)no2)s1. The Kier molecular flexibility index (Phi) is 3.70. The second kappa shape index (κ2) is 5.63. The number of anilines is 1. The van der Waals surface area contributed by atoms with Gasteiger partial charge in [0.25, 0.3) is 0 Å². The van der Waals surface area contributed by atoms with Crippen molar-refractivity contribution in [1.29, 1.82) is 0 Å². The summed E-state index contributed by atoms with van der Waals surface area (Å²) in [5.41, 5.74) is 0. The summed E-state index contributed by atoms with van der Waals surface area (Å²) in [6.45, 7) is 1.98. The lowest BCUT2D eigenvalue weighted by molar-refractivity contribution is 0.379. The van der Waals surface area contributed by atoms with Crippen molar-refractivity contribution in [3.8, 4) is 11.6 Å². The van der Waals surface area contributed by atoms with Crippen LogP contribution in [0.1, 0.15) is 18.1 Å². The average Bonchev–Trinajstić information content (AvgIpc) is 3.19. The first-order chi connectivity index (χ1) is 9.76. The van der Waals surface area contributed by atoms with Crippen LogP contribution < -0.4 is 5.32 Å². The molecule has 0 bridgehead atoms. The number of furan rings is 1.